The Labute approximate surface area is 111 Å². The minimum atomic E-state index is -0.603. The molecular formula is C15H28N2O. The molecule has 0 heterocycles. The number of hydrogen-bond donors (Lipinski definition) is 2. The lowest BCUT2D eigenvalue weighted by Gasteiger charge is -2.36. The van der Waals surface area contributed by atoms with Crippen LogP contribution >= 0.6 is 0 Å². The molecule has 0 aromatic rings. The minimum absolute atomic E-state index is 0.0987. The second-order valence-corrected chi connectivity index (χ2v) is 6.62. The van der Waals surface area contributed by atoms with Crippen LogP contribution in [0.4, 0.5) is 0 Å². The zero-order valence-electron chi connectivity index (χ0n) is 11.9. The molecular weight excluding hydrogens is 224 g/mol. The molecule has 0 aromatic heterocycles. The van der Waals surface area contributed by atoms with E-state index in [1.807, 2.05) is 0 Å². The highest BCUT2D eigenvalue weighted by Crippen LogP contribution is 2.35. The summed E-state index contributed by atoms with van der Waals surface area (Å²) in [5.74, 6) is 1.54. The highest BCUT2D eigenvalue weighted by Gasteiger charge is 2.39. The van der Waals surface area contributed by atoms with Crippen LogP contribution in [0, 0.1) is 11.8 Å². The summed E-state index contributed by atoms with van der Waals surface area (Å²) >= 11 is 0. The molecule has 18 heavy (non-hydrogen) atoms. The largest absolute Gasteiger partial charge is 0.352 e. The SMILES string of the molecule is CCC(CC1CC1)NC(=O)C1(N)CCCC(C)C1. The van der Waals surface area contributed by atoms with Crippen LogP contribution in [0.1, 0.15) is 65.2 Å². The fourth-order valence-electron chi connectivity index (χ4n) is 3.21. The van der Waals surface area contributed by atoms with Crippen molar-refractivity contribution < 1.29 is 4.79 Å². The van der Waals surface area contributed by atoms with Crippen LogP contribution < -0.4 is 11.1 Å². The van der Waals surface area contributed by atoms with Gasteiger partial charge in [0, 0.05) is 6.04 Å². The predicted molar refractivity (Wildman–Crippen MR) is 74.1 cm³/mol. The van der Waals surface area contributed by atoms with Crippen molar-refractivity contribution in [1.29, 1.82) is 0 Å². The third-order valence-electron chi connectivity index (χ3n) is 4.63. The first-order chi connectivity index (χ1) is 8.53. The van der Waals surface area contributed by atoms with Crippen molar-refractivity contribution in [1.82, 2.24) is 5.32 Å². The molecule has 3 nitrogen and oxygen atoms in total. The quantitative estimate of drug-likeness (QED) is 0.790. The smallest absolute Gasteiger partial charge is 0.240 e. The molecule has 0 aliphatic heterocycles. The monoisotopic (exact) mass is 252 g/mol. The lowest BCUT2D eigenvalue weighted by molar-refractivity contribution is -0.128. The van der Waals surface area contributed by atoms with E-state index >= 15 is 0 Å². The van der Waals surface area contributed by atoms with Crippen molar-refractivity contribution in [2.45, 2.75) is 76.8 Å². The van der Waals surface area contributed by atoms with E-state index in [1.165, 1.54) is 19.3 Å². The average molecular weight is 252 g/mol. The Balaban J connectivity index is 1.88. The molecule has 3 unspecified atom stereocenters. The lowest BCUT2D eigenvalue weighted by atomic mass is 9.76. The van der Waals surface area contributed by atoms with Gasteiger partial charge in [-0.25, -0.2) is 0 Å². The zero-order valence-corrected chi connectivity index (χ0v) is 11.9. The van der Waals surface area contributed by atoms with E-state index in [0.29, 0.717) is 12.0 Å². The van der Waals surface area contributed by atoms with Crippen molar-refractivity contribution >= 4 is 5.91 Å². The molecule has 0 aromatic carbocycles. The van der Waals surface area contributed by atoms with Crippen molar-refractivity contribution in [3.8, 4) is 0 Å². The standard InChI is InChI=1S/C15H28N2O/c1-3-13(9-12-6-7-12)17-14(18)15(16)8-4-5-11(2)10-15/h11-13H,3-10,16H2,1-2H3,(H,17,18). The Kier molecular flexibility index (Phi) is 4.31. The van der Waals surface area contributed by atoms with Crippen LogP contribution in [-0.2, 0) is 4.79 Å². The Morgan fingerprint density at radius 3 is 2.72 bits per heavy atom. The molecule has 0 spiro atoms. The second kappa shape index (κ2) is 5.60. The summed E-state index contributed by atoms with van der Waals surface area (Å²) < 4.78 is 0. The number of nitrogens with two attached hydrogens (primary N) is 1. The maximum Gasteiger partial charge on any atom is 0.240 e. The van der Waals surface area contributed by atoms with E-state index in [2.05, 4.69) is 19.2 Å². The summed E-state index contributed by atoms with van der Waals surface area (Å²) in [6, 6.07) is 0.336. The van der Waals surface area contributed by atoms with Crippen molar-refractivity contribution in [3.05, 3.63) is 0 Å². The molecule has 0 saturated heterocycles. The average Bonchev–Trinajstić information content (AvgIpc) is 3.11. The summed E-state index contributed by atoms with van der Waals surface area (Å²) in [6.45, 7) is 4.36. The molecule has 2 aliphatic carbocycles. The van der Waals surface area contributed by atoms with Crippen molar-refractivity contribution in [2.24, 2.45) is 17.6 Å². The van der Waals surface area contributed by atoms with Crippen molar-refractivity contribution in [3.63, 3.8) is 0 Å². The Hall–Kier alpha value is -0.570. The number of nitrogens with one attached hydrogen (secondary N) is 1. The van der Waals surface area contributed by atoms with Gasteiger partial charge in [-0.1, -0.05) is 39.5 Å². The van der Waals surface area contributed by atoms with Gasteiger partial charge in [0.15, 0.2) is 0 Å². The molecule has 3 atom stereocenters. The number of amides is 1. The van der Waals surface area contributed by atoms with Gasteiger partial charge in [0.1, 0.15) is 0 Å². The van der Waals surface area contributed by atoms with Crippen LogP contribution in [0.25, 0.3) is 0 Å². The van der Waals surface area contributed by atoms with Crippen LogP contribution in [0.2, 0.25) is 0 Å². The maximum atomic E-state index is 12.4. The van der Waals surface area contributed by atoms with Gasteiger partial charge in [-0.3, -0.25) is 4.79 Å². The van der Waals surface area contributed by atoms with Crippen LogP contribution in [0.3, 0.4) is 0 Å². The van der Waals surface area contributed by atoms with Crippen molar-refractivity contribution in [2.75, 3.05) is 0 Å². The van der Waals surface area contributed by atoms with E-state index in [-0.39, 0.29) is 5.91 Å². The van der Waals surface area contributed by atoms with Gasteiger partial charge < -0.3 is 11.1 Å². The Bertz CT molecular complexity index is 301. The molecule has 2 fully saturated rings. The van der Waals surface area contributed by atoms with Gasteiger partial charge in [0.05, 0.1) is 5.54 Å². The number of hydrogen-bond acceptors (Lipinski definition) is 2. The minimum Gasteiger partial charge on any atom is -0.352 e. The fraction of sp³-hybridized carbons (Fsp3) is 0.933. The maximum absolute atomic E-state index is 12.4. The van der Waals surface area contributed by atoms with E-state index in [1.54, 1.807) is 0 Å². The first kappa shape index (κ1) is 13.9. The van der Waals surface area contributed by atoms with E-state index < -0.39 is 5.54 Å². The first-order valence-corrected chi connectivity index (χ1v) is 7.63. The summed E-state index contributed by atoms with van der Waals surface area (Å²) in [7, 11) is 0. The molecule has 2 aliphatic rings. The first-order valence-electron chi connectivity index (χ1n) is 7.63. The molecule has 1 amide bonds. The second-order valence-electron chi connectivity index (χ2n) is 6.62. The lowest BCUT2D eigenvalue weighted by Crippen LogP contribution is -2.58. The molecule has 2 saturated carbocycles. The normalized spacial score (nSPS) is 34.1. The summed E-state index contributed by atoms with van der Waals surface area (Å²) in [5.41, 5.74) is 5.73. The number of carbonyl (C=O) groups excluding carboxylic acids is 1. The molecule has 2 rings (SSSR count). The summed E-state index contributed by atoms with van der Waals surface area (Å²) in [4.78, 5) is 12.4. The topological polar surface area (TPSA) is 55.1 Å². The van der Waals surface area contributed by atoms with Gasteiger partial charge in [-0.2, -0.15) is 0 Å². The van der Waals surface area contributed by atoms with E-state index in [0.717, 1.165) is 38.0 Å². The van der Waals surface area contributed by atoms with Crippen LogP contribution in [-0.4, -0.2) is 17.5 Å². The van der Waals surface area contributed by atoms with E-state index in [9.17, 15) is 4.79 Å². The predicted octanol–water partition coefficient (Wildman–Crippen LogP) is 2.59. The van der Waals surface area contributed by atoms with E-state index in [4.69, 9.17) is 5.73 Å². The molecule has 0 bridgehead atoms. The van der Waals surface area contributed by atoms with Gasteiger partial charge in [-0.05, 0) is 37.5 Å². The summed E-state index contributed by atoms with van der Waals surface area (Å²) in [5, 5.41) is 3.20. The van der Waals surface area contributed by atoms with Crippen LogP contribution in [0.15, 0.2) is 0 Å². The third kappa shape index (κ3) is 3.47. The van der Waals surface area contributed by atoms with Gasteiger partial charge in [0.25, 0.3) is 0 Å². The molecule has 3 heteroatoms. The van der Waals surface area contributed by atoms with Gasteiger partial charge in [-0.15, -0.1) is 0 Å². The van der Waals surface area contributed by atoms with Gasteiger partial charge in [0.2, 0.25) is 5.91 Å². The molecule has 0 radical (unpaired) electrons. The third-order valence-corrected chi connectivity index (χ3v) is 4.63. The highest BCUT2D eigenvalue weighted by atomic mass is 16.2. The summed E-state index contributed by atoms with van der Waals surface area (Å²) in [6.07, 6.45) is 8.85. The Morgan fingerprint density at radius 1 is 1.44 bits per heavy atom. The highest BCUT2D eigenvalue weighted by molar-refractivity contribution is 5.86. The number of carbonyl (C=O) groups is 1. The number of rotatable bonds is 5. The van der Waals surface area contributed by atoms with Gasteiger partial charge >= 0.3 is 0 Å². The molecule has 3 N–H and O–H groups in total. The zero-order chi connectivity index (χ0) is 13.2. The molecule has 104 valence electrons. The fourth-order valence-corrected chi connectivity index (χ4v) is 3.21. The Morgan fingerprint density at radius 2 is 2.17 bits per heavy atom. The van der Waals surface area contributed by atoms with Crippen LogP contribution in [0.5, 0.6) is 0 Å².